The summed E-state index contributed by atoms with van der Waals surface area (Å²) in [6, 6.07) is 5.79. The molecule has 3 aromatic rings. The van der Waals surface area contributed by atoms with Gasteiger partial charge >= 0.3 is 0 Å². The summed E-state index contributed by atoms with van der Waals surface area (Å²) in [5.74, 6) is 2.59. The molecule has 2 aromatic heterocycles. The minimum Gasteiger partial charge on any atom is -0.302 e. The quantitative estimate of drug-likeness (QED) is 0.373. The van der Waals surface area contributed by atoms with Crippen molar-refractivity contribution in [1.82, 2.24) is 14.8 Å². The first-order chi connectivity index (χ1) is 13.6. The van der Waals surface area contributed by atoms with Crippen LogP contribution in [-0.2, 0) is 25.1 Å². The molecule has 0 bridgehead atoms. The van der Waals surface area contributed by atoms with Crippen molar-refractivity contribution < 1.29 is 0 Å². The topological polar surface area (TPSA) is 30.7 Å². The number of thioether (sulfide) groups is 1. The van der Waals surface area contributed by atoms with Crippen molar-refractivity contribution in [2.75, 3.05) is 0 Å². The van der Waals surface area contributed by atoms with E-state index in [1.807, 2.05) is 29.5 Å². The molecule has 4 rings (SSSR count). The number of aromatic nitrogens is 3. The molecule has 0 radical (unpaired) electrons. The van der Waals surface area contributed by atoms with Gasteiger partial charge in [-0.15, -0.1) is 21.5 Å². The monoisotopic (exact) mass is 451 g/mol. The van der Waals surface area contributed by atoms with Crippen LogP contribution in [0.1, 0.15) is 42.7 Å². The largest absolute Gasteiger partial charge is 0.302 e. The predicted octanol–water partition coefficient (Wildman–Crippen LogP) is 7.14. The van der Waals surface area contributed by atoms with Gasteiger partial charge in [-0.2, -0.15) is 0 Å². The van der Waals surface area contributed by atoms with Gasteiger partial charge in [0.15, 0.2) is 11.0 Å². The Bertz CT molecular complexity index is 980. The summed E-state index contributed by atoms with van der Waals surface area (Å²) in [4.78, 5) is 1.53. The summed E-state index contributed by atoms with van der Waals surface area (Å²) in [5, 5.41) is 13.6. The molecule has 0 fully saturated rings. The first kappa shape index (κ1) is 20.3. The molecule has 3 nitrogen and oxygen atoms in total. The van der Waals surface area contributed by atoms with E-state index in [4.69, 9.17) is 23.2 Å². The molecule has 0 N–H and O–H groups in total. The van der Waals surface area contributed by atoms with E-state index in [-0.39, 0.29) is 0 Å². The van der Waals surface area contributed by atoms with Gasteiger partial charge in [0.05, 0.1) is 10.0 Å². The van der Waals surface area contributed by atoms with E-state index in [1.165, 1.54) is 28.8 Å². The first-order valence-electron chi connectivity index (χ1n) is 9.66. The summed E-state index contributed by atoms with van der Waals surface area (Å²) in [7, 11) is 0. The van der Waals surface area contributed by atoms with Crippen molar-refractivity contribution in [2.24, 2.45) is 5.92 Å². The van der Waals surface area contributed by atoms with E-state index >= 15 is 0 Å². The van der Waals surface area contributed by atoms with Crippen molar-refractivity contribution in [1.29, 1.82) is 0 Å². The van der Waals surface area contributed by atoms with E-state index in [0.29, 0.717) is 10.0 Å². The molecular formula is C21H23Cl2N3S2. The van der Waals surface area contributed by atoms with Crippen molar-refractivity contribution in [3.05, 3.63) is 49.6 Å². The van der Waals surface area contributed by atoms with Crippen molar-refractivity contribution in [3.63, 3.8) is 0 Å². The molecule has 148 valence electrons. The fourth-order valence-electron chi connectivity index (χ4n) is 3.66. The predicted molar refractivity (Wildman–Crippen MR) is 121 cm³/mol. The van der Waals surface area contributed by atoms with E-state index in [1.54, 1.807) is 11.8 Å². The summed E-state index contributed by atoms with van der Waals surface area (Å²) >= 11 is 15.8. The van der Waals surface area contributed by atoms with Gasteiger partial charge in [-0.05, 0) is 54.9 Å². The molecular weight excluding hydrogens is 429 g/mol. The summed E-state index contributed by atoms with van der Waals surface area (Å²) < 4.78 is 2.28. The number of rotatable bonds is 6. The van der Waals surface area contributed by atoms with Gasteiger partial charge in [-0.25, -0.2) is 0 Å². The van der Waals surface area contributed by atoms with Gasteiger partial charge in [0.1, 0.15) is 0 Å². The van der Waals surface area contributed by atoms with Crippen LogP contribution in [0.4, 0.5) is 0 Å². The molecule has 7 heteroatoms. The Hall–Kier alpha value is -1.01. The second-order valence-corrected chi connectivity index (χ2v) is 10.1. The Kier molecular flexibility index (Phi) is 6.36. The third-order valence-corrected chi connectivity index (χ3v) is 7.99. The average molecular weight is 452 g/mol. The highest BCUT2D eigenvalue weighted by Gasteiger charge is 2.24. The third-order valence-electron chi connectivity index (χ3n) is 5.16. The van der Waals surface area contributed by atoms with Crippen LogP contribution in [0.5, 0.6) is 0 Å². The summed E-state index contributed by atoms with van der Waals surface area (Å²) in [6.45, 7) is 5.47. The lowest BCUT2D eigenvalue weighted by molar-refractivity contribution is 0.508. The highest BCUT2D eigenvalue weighted by atomic mass is 35.5. The lowest BCUT2D eigenvalue weighted by Gasteiger charge is -2.19. The van der Waals surface area contributed by atoms with Crippen LogP contribution >= 0.6 is 46.3 Å². The molecule has 1 aliphatic rings. The molecule has 0 aliphatic heterocycles. The molecule has 1 aromatic carbocycles. The van der Waals surface area contributed by atoms with Crippen molar-refractivity contribution in [3.8, 4) is 11.4 Å². The van der Waals surface area contributed by atoms with Gasteiger partial charge in [0.25, 0.3) is 0 Å². The van der Waals surface area contributed by atoms with E-state index in [0.717, 1.165) is 47.6 Å². The Morgan fingerprint density at radius 2 is 2.11 bits per heavy atom. The number of thiophene rings is 1. The SMILES string of the molecule is CCCn1c(SCc2ccc(Cl)c(Cl)c2)nnc1-c1csc2c1CCC(C)C2. The molecule has 1 atom stereocenters. The molecule has 2 heterocycles. The van der Waals surface area contributed by atoms with Crippen LogP contribution in [0.15, 0.2) is 28.7 Å². The Morgan fingerprint density at radius 3 is 2.89 bits per heavy atom. The number of hydrogen-bond donors (Lipinski definition) is 0. The molecule has 0 amide bonds. The van der Waals surface area contributed by atoms with Gasteiger partial charge in [0.2, 0.25) is 0 Å². The number of benzene rings is 1. The second-order valence-electron chi connectivity index (χ2n) is 7.39. The van der Waals surface area contributed by atoms with Crippen LogP contribution in [0.25, 0.3) is 11.4 Å². The fraction of sp³-hybridized carbons (Fsp3) is 0.429. The summed E-state index contributed by atoms with van der Waals surface area (Å²) in [5.41, 5.74) is 3.91. The van der Waals surface area contributed by atoms with E-state index in [9.17, 15) is 0 Å². The van der Waals surface area contributed by atoms with Gasteiger partial charge in [-0.3, -0.25) is 0 Å². The van der Waals surface area contributed by atoms with Crippen LogP contribution in [-0.4, -0.2) is 14.8 Å². The van der Waals surface area contributed by atoms with Crippen LogP contribution in [0.2, 0.25) is 10.0 Å². The minimum absolute atomic E-state index is 0.586. The van der Waals surface area contributed by atoms with E-state index in [2.05, 4.69) is 34.0 Å². The fourth-order valence-corrected chi connectivity index (χ4v) is 6.13. The van der Waals surface area contributed by atoms with Gasteiger partial charge in [-0.1, -0.05) is 54.9 Å². The zero-order valence-electron chi connectivity index (χ0n) is 16.0. The Labute approximate surface area is 184 Å². The first-order valence-corrected chi connectivity index (χ1v) is 12.3. The average Bonchev–Trinajstić information content (AvgIpc) is 3.26. The molecule has 1 aliphatic carbocycles. The number of fused-ring (bicyclic) bond motifs is 1. The maximum atomic E-state index is 6.15. The van der Waals surface area contributed by atoms with Crippen LogP contribution in [0.3, 0.4) is 0 Å². The van der Waals surface area contributed by atoms with E-state index < -0.39 is 0 Å². The highest BCUT2D eigenvalue weighted by Crippen LogP contribution is 2.38. The third kappa shape index (κ3) is 4.13. The lowest BCUT2D eigenvalue weighted by Crippen LogP contribution is -2.10. The van der Waals surface area contributed by atoms with Gasteiger partial charge < -0.3 is 4.57 Å². The number of halogens is 2. The maximum absolute atomic E-state index is 6.15. The van der Waals surface area contributed by atoms with Gasteiger partial charge in [0, 0.05) is 28.1 Å². The summed E-state index contributed by atoms with van der Waals surface area (Å²) in [6.07, 6.45) is 4.66. The van der Waals surface area contributed by atoms with Crippen molar-refractivity contribution in [2.45, 2.75) is 57.0 Å². The van der Waals surface area contributed by atoms with Crippen LogP contribution < -0.4 is 0 Å². The number of hydrogen-bond acceptors (Lipinski definition) is 4. The lowest BCUT2D eigenvalue weighted by atomic mass is 9.88. The highest BCUT2D eigenvalue weighted by molar-refractivity contribution is 7.98. The normalized spacial score (nSPS) is 16.4. The number of nitrogens with zero attached hydrogens (tertiary/aromatic N) is 3. The molecule has 28 heavy (non-hydrogen) atoms. The second kappa shape index (κ2) is 8.78. The smallest absolute Gasteiger partial charge is 0.191 e. The van der Waals surface area contributed by atoms with Crippen LogP contribution in [0, 0.1) is 5.92 Å². The Balaban J connectivity index is 1.60. The molecule has 0 saturated heterocycles. The maximum Gasteiger partial charge on any atom is 0.191 e. The zero-order chi connectivity index (χ0) is 19.7. The Morgan fingerprint density at radius 1 is 1.25 bits per heavy atom. The zero-order valence-corrected chi connectivity index (χ0v) is 19.2. The molecule has 0 saturated carbocycles. The standard InChI is InChI=1S/C21H23Cl2N3S2/c1-3-8-26-20(16-12-27-19-9-13(2)4-6-15(16)19)24-25-21(26)28-11-14-5-7-17(22)18(23)10-14/h5,7,10,12-13H,3-4,6,8-9,11H2,1-2H3. The molecule has 0 spiro atoms. The minimum atomic E-state index is 0.586. The molecule has 1 unspecified atom stereocenters. The van der Waals surface area contributed by atoms with Crippen molar-refractivity contribution >= 4 is 46.3 Å².